The molecule has 0 spiro atoms. The summed E-state index contributed by atoms with van der Waals surface area (Å²) >= 11 is 1.92. The highest BCUT2D eigenvalue weighted by molar-refractivity contribution is 7.99. The Morgan fingerprint density at radius 3 is 2.78 bits per heavy atom. The van der Waals surface area contributed by atoms with Crippen molar-refractivity contribution in [2.24, 2.45) is 0 Å². The van der Waals surface area contributed by atoms with Crippen LogP contribution in [0.3, 0.4) is 0 Å². The number of aromatic nitrogens is 2. The summed E-state index contributed by atoms with van der Waals surface area (Å²) < 4.78 is 0. The Balaban J connectivity index is 1.94. The van der Waals surface area contributed by atoms with Crippen molar-refractivity contribution in [3.05, 3.63) is 18.0 Å². The number of aromatic carboxylic acids is 1. The van der Waals surface area contributed by atoms with Crippen LogP contribution in [0.2, 0.25) is 0 Å². The van der Waals surface area contributed by atoms with Gasteiger partial charge in [0.05, 0.1) is 0 Å². The van der Waals surface area contributed by atoms with Crippen LogP contribution in [0.25, 0.3) is 0 Å². The molecule has 0 bridgehead atoms. The van der Waals surface area contributed by atoms with E-state index in [2.05, 4.69) is 21.5 Å². The molecule has 5 nitrogen and oxygen atoms in total. The third-order valence-corrected chi connectivity index (χ3v) is 4.35. The van der Waals surface area contributed by atoms with Gasteiger partial charge in [0.2, 0.25) is 5.95 Å². The van der Waals surface area contributed by atoms with Crippen LogP contribution in [0.15, 0.2) is 12.3 Å². The predicted molar refractivity (Wildman–Crippen MR) is 72.2 cm³/mol. The van der Waals surface area contributed by atoms with Gasteiger partial charge in [-0.15, -0.1) is 0 Å². The summed E-state index contributed by atoms with van der Waals surface area (Å²) in [5.41, 5.74) is 0.0327. The highest BCUT2D eigenvalue weighted by atomic mass is 32.2. The Morgan fingerprint density at radius 1 is 1.44 bits per heavy atom. The zero-order valence-electron chi connectivity index (χ0n) is 10.3. The molecule has 1 heterocycles. The molecule has 0 saturated heterocycles. The number of anilines is 1. The molecule has 0 radical (unpaired) electrons. The summed E-state index contributed by atoms with van der Waals surface area (Å²) in [5.74, 6) is -0.603. The maximum absolute atomic E-state index is 10.8. The number of rotatable bonds is 4. The minimum absolute atomic E-state index is 0.0327. The first kappa shape index (κ1) is 13.1. The molecule has 0 atom stereocenters. The number of carboxylic acids is 1. The summed E-state index contributed by atoms with van der Waals surface area (Å²) in [6.07, 6.45) is 8.19. The molecular formula is C12H17N3O2S. The summed E-state index contributed by atoms with van der Waals surface area (Å²) in [6.45, 7) is 0. The van der Waals surface area contributed by atoms with Crippen LogP contribution < -0.4 is 5.32 Å². The van der Waals surface area contributed by atoms with Crippen LogP contribution in [0.4, 0.5) is 5.95 Å². The maximum atomic E-state index is 10.8. The fraction of sp³-hybridized carbons (Fsp3) is 0.583. The quantitative estimate of drug-likeness (QED) is 0.871. The number of hydrogen-bond donors (Lipinski definition) is 2. The SMILES string of the molecule is CSC1CCC(Nc2nccc(C(=O)O)n2)CC1. The van der Waals surface area contributed by atoms with Gasteiger partial charge in [0.25, 0.3) is 0 Å². The van der Waals surface area contributed by atoms with Crippen molar-refractivity contribution in [1.82, 2.24) is 9.97 Å². The largest absolute Gasteiger partial charge is 0.477 e. The Labute approximate surface area is 110 Å². The van der Waals surface area contributed by atoms with Gasteiger partial charge >= 0.3 is 5.97 Å². The zero-order chi connectivity index (χ0) is 13.0. The monoisotopic (exact) mass is 267 g/mol. The van der Waals surface area contributed by atoms with Crippen molar-refractivity contribution in [2.45, 2.75) is 37.0 Å². The van der Waals surface area contributed by atoms with E-state index in [9.17, 15) is 4.79 Å². The number of nitrogens with one attached hydrogen (secondary N) is 1. The molecule has 18 heavy (non-hydrogen) atoms. The topological polar surface area (TPSA) is 75.1 Å². The van der Waals surface area contributed by atoms with E-state index < -0.39 is 5.97 Å². The van der Waals surface area contributed by atoms with Gasteiger partial charge in [-0.25, -0.2) is 14.8 Å². The lowest BCUT2D eigenvalue weighted by molar-refractivity contribution is 0.0690. The average Bonchev–Trinajstić information content (AvgIpc) is 2.40. The lowest BCUT2D eigenvalue weighted by Gasteiger charge is -2.27. The Morgan fingerprint density at radius 2 is 2.17 bits per heavy atom. The highest BCUT2D eigenvalue weighted by Gasteiger charge is 2.21. The van der Waals surface area contributed by atoms with Crippen LogP contribution in [0.1, 0.15) is 36.2 Å². The predicted octanol–water partition coefficient (Wildman–Crippen LogP) is 2.26. The van der Waals surface area contributed by atoms with E-state index in [0.29, 0.717) is 12.0 Å². The number of nitrogens with zero attached hydrogens (tertiary/aromatic N) is 2. The van der Waals surface area contributed by atoms with Crippen LogP contribution in [-0.4, -0.2) is 38.6 Å². The maximum Gasteiger partial charge on any atom is 0.354 e. The molecule has 2 rings (SSSR count). The molecule has 1 aromatic heterocycles. The molecule has 0 unspecified atom stereocenters. The Kier molecular flexibility index (Phi) is 4.41. The van der Waals surface area contributed by atoms with E-state index in [1.165, 1.54) is 25.1 Å². The number of carbonyl (C=O) groups is 1. The summed E-state index contributed by atoms with van der Waals surface area (Å²) in [7, 11) is 0. The lowest BCUT2D eigenvalue weighted by Crippen LogP contribution is -2.28. The second-order valence-corrected chi connectivity index (χ2v) is 5.56. The third-order valence-electron chi connectivity index (χ3n) is 3.22. The van der Waals surface area contributed by atoms with Gasteiger partial charge in [-0.1, -0.05) is 0 Å². The van der Waals surface area contributed by atoms with Crippen molar-refractivity contribution in [2.75, 3.05) is 11.6 Å². The number of thioether (sulfide) groups is 1. The second-order valence-electron chi connectivity index (χ2n) is 4.42. The van der Waals surface area contributed by atoms with E-state index in [-0.39, 0.29) is 5.69 Å². The summed E-state index contributed by atoms with van der Waals surface area (Å²) in [5, 5.41) is 12.8. The van der Waals surface area contributed by atoms with Gasteiger partial charge in [0.15, 0.2) is 5.69 Å². The van der Waals surface area contributed by atoms with Crippen LogP contribution in [0, 0.1) is 0 Å². The lowest BCUT2D eigenvalue weighted by atomic mass is 9.95. The number of carboxylic acid groups (broad SMARTS) is 1. The molecule has 1 saturated carbocycles. The van der Waals surface area contributed by atoms with Gasteiger partial charge in [-0.3, -0.25) is 0 Å². The molecule has 98 valence electrons. The fourth-order valence-electron chi connectivity index (χ4n) is 2.17. The Bertz CT molecular complexity index is 420. The van der Waals surface area contributed by atoms with Crippen molar-refractivity contribution in [3.8, 4) is 0 Å². The van der Waals surface area contributed by atoms with E-state index in [0.717, 1.165) is 18.1 Å². The molecule has 1 aromatic rings. The van der Waals surface area contributed by atoms with Gasteiger partial charge in [-0.2, -0.15) is 11.8 Å². The zero-order valence-corrected chi connectivity index (χ0v) is 11.1. The minimum atomic E-state index is -1.02. The first-order chi connectivity index (χ1) is 8.69. The first-order valence-corrected chi connectivity index (χ1v) is 7.33. The van der Waals surface area contributed by atoms with E-state index in [1.807, 2.05) is 11.8 Å². The molecule has 0 aromatic carbocycles. The van der Waals surface area contributed by atoms with Gasteiger partial charge < -0.3 is 10.4 Å². The molecule has 1 fully saturated rings. The highest BCUT2D eigenvalue weighted by Crippen LogP contribution is 2.28. The molecule has 1 aliphatic rings. The molecule has 2 N–H and O–H groups in total. The first-order valence-electron chi connectivity index (χ1n) is 6.04. The van der Waals surface area contributed by atoms with Crippen LogP contribution in [-0.2, 0) is 0 Å². The summed E-state index contributed by atoms with van der Waals surface area (Å²) in [4.78, 5) is 18.8. The van der Waals surface area contributed by atoms with Gasteiger partial charge in [-0.05, 0) is 38.0 Å². The van der Waals surface area contributed by atoms with Gasteiger partial charge in [0, 0.05) is 17.5 Å². The molecule has 6 heteroatoms. The normalized spacial score (nSPS) is 23.6. The summed E-state index contributed by atoms with van der Waals surface area (Å²) in [6, 6.07) is 1.76. The van der Waals surface area contributed by atoms with E-state index >= 15 is 0 Å². The average molecular weight is 267 g/mol. The van der Waals surface area contributed by atoms with Crippen molar-refractivity contribution in [3.63, 3.8) is 0 Å². The van der Waals surface area contributed by atoms with Crippen molar-refractivity contribution in [1.29, 1.82) is 0 Å². The third kappa shape index (κ3) is 3.35. The van der Waals surface area contributed by atoms with Crippen molar-refractivity contribution < 1.29 is 9.90 Å². The molecule has 1 aliphatic carbocycles. The van der Waals surface area contributed by atoms with E-state index in [1.54, 1.807) is 0 Å². The molecule has 0 amide bonds. The number of hydrogen-bond acceptors (Lipinski definition) is 5. The molecular weight excluding hydrogens is 250 g/mol. The molecule has 0 aliphatic heterocycles. The Hall–Kier alpha value is -1.30. The fourth-order valence-corrected chi connectivity index (χ4v) is 2.92. The standard InChI is InChI=1S/C12H17N3O2S/c1-18-9-4-2-8(3-5-9)14-12-13-7-6-10(15-12)11(16)17/h6-9H,2-5H2,1H3,(H,16,17)(H,13,14,15). The van der Waals surface area contributed by atoms with E-state index in [4.69, 9.17) is 5.11 Å². The van der Waals surface area contributed by atoms with Crippen LogP contribution in [0.5, 0.6) is 0 Å². The second kappa shape index (κ2) is 6.04. The van der Waals surface area contributed by atoms with Gasteiger partial charge in [0.1, 0.15) is 0 Å². The smallest absolute Gasteiger partial charge is 0.354 e. The minimum Gasteiger partial charge on any atom is -0.477 e. The van der Waals surface area contributed by atoms with Crippen LogP contribution >= 0.6 is 11.8 Å². The van der Waals surface area contributed by atoms with Crippen molar-refractivity contribution >= 4 is 23.7 Å².